The first-order chi connectivity index (χ1) is 14.1. The Balaban J connectivity index is 2.27. The van der Waals surface area contributed by atoms with Crippen molar-refractivity contribution < 1.29 is 32.9 Å². The molecule has 2 aromatic rings. The number of benzene rings is 2. The monoisotopic (exact) mass is 425 g/mol. The summed E-state index contributed by atoms with van der Waals surface area (Å²) in [6, 6.07) is 11.6. The van der Waals surface area contributed by atoms with Crippen LogP contribution in [0.2, 0.25) is 0 Å². The average molecular weight is 425 g/mol. The highest BCUT2D eigenvalue weighted by atomic mass is 19.4. The van der Waals surface area contributed by atoms with Crippen molar-refractivity contribution in [2.45, 2.75) is 38.5 Å². The SMILES string of the molecule is CCCCN(C(=O)c1ccc(OCCO)cc1)c1ccc(C(C)(O)C(F)(F)F)cc1. The fraction of sp³-hybridized carbons (Fsp3) is 0.409. The van der Waals surface area contributed by atoms with Gasteiger partial charge >= 0.3 is 6.18 Å². The normalized spacial score (nSPS) is 13.6. The molecule has 0 spiro atoms. The molecule has 1 amide bonds. The van der Waals surface area contributed by atoms with Gasteiger partial charge in [-0.05, 0) is 55.3 Å². The molecule has 0 aromatic heterocycles. The average Bonchev–Trinajstić information content (AvgIpc) is 2.72. The van der Waals surface area contributed by atoms with Crippen LogP contribution in [0.15, 0.2) is 48.5 Å². The lowest BCUT2D eigenvalue weighted by Gasteiger charge is -2.28. The predicted molar refractivity (Wildman–Crippen MR) is 108 cm³/mol. The van der Waals surface area contributed by atoms with Gasteiger partial charge in [0.05, 0.1) is 6.61 Å². The zero-order chi connectivity index (χ0) is 22.4. The molecule has 0 heterocycles. The quantitative estimate of drug-likeness (QED) is 0.629. The minimum absolute atomic E-state index is 0.122. The molecule has 0 bridgehead atoms. The Bertz CT molecular complexity index is 818. The summed E-state index contributed by atoms with van der Waals surface area (Å²) in [6.45, 7) is 3.09. The molecule has 5 nitrogen and oxygen atoms in total. The fourth-order valence-corrected chi connectivity index (χ4v) is 2.81. The number of aliphatic hydroxyl groups excluding tert-OH is 1. The summed E-state index contributed by atoms with van der Waals surface area (Å²) in [7, 11) is 0. The fourth-order valence-electron chi connectivity index (χ4n) is 2.81. The number of alkyl halides is 3. The number of aliphatic hydroxyl groups is 2. The number of ether oxygens (including phenoxy) is 1. The van der Waals surface area contributed by atoms with E-state index >= 15 is 0 Å². The largest absolute Gasteiger partial charge is 0.491 e. The number of hydrogen-bond donors (Lipinski definition) is 2. The number of amides is 1. The molecule has 0 fully saturated rings. The number of rotatable bonds is 9. The van der Waals surface area contributed by atoms with Crippen LogP contribution in [0.4, 0.5) is 18.9 Å². The van der Waals surface area contributed by atoms with Crippen LogP contribution in [-0.4, -0.2) is 42.1 Å². The van der Waals surface area contributed by atoms with Crippen molar-refractivity contribution in [3.05, 3.63) is 59.7 Å². The van der Waals surface area contributed by atoms with Crippen molar-refractivity contribution in [3.63, 3.8) is 0 Å². The summed E-state index contributed by atoms with van der Waals surface area (Å²) in [6.07, 6.45) is -3.27. The molecule has 0 saturated heterocycles. The van der Waals surface area contributed by atoms with Gasteiger partial charge in [-0.1, -0.05) is 25.5 Å². The Morgan fingerprint density at radius 2 is 1.67 bits per heavy atom. The van der Waals surface area contributed by atoms with Gasteiger partial charge in [-0.3, -0.25) is 4.79 Å². The second kappa shape index (κ2) is 9.95. The molecule has 1 unspecified atom stereocenters. The lowest BCUT2D eigenvalue weighted by molar-refractivity contribution is -0.258. The highest BCUT2D eigenvalue weighted by Crippen LogP contribution is 2.39. The van der Waals surface area contributed by atoms with Crippen LogP contribution >= 0.6 is 0 Å². The van der Waals surface area contributed by atoms with Crippen LogP contribution < -0.4 is 9.64 Å². The van der Waals surface area contributed by atoms with Gasteiger partial charge in [0.2, 0.25) is 0 Å². The molecule has 0 radical (unpaired) electrons. The molecule has 0 aliphatic carbocycles. The number of halogens is 3. The number of nitrogens with zero attached hydrogens (tertiary/aromatic N) is 1. The molecule has 0 aliphatic rings. The molecular formula is C22H26F3NO4. The summed E-state index contributed by atoms with van der Waals surface area (Å²) in [4.78, 5) is 14.5. The zero-order valence-electron chi connectivity index (χ0n) is 16.9. The summed E-state index contributed by atoms with van der Waals surface area (Å²) in [5.41, 5.74) is -2.44. The van der Waals surface area contributed by atoms with E-state index in [0.717, 1.165) is 6.42 Å². The Morgan fingerprint density at radius 1 is 1.07 bits per heavy atom. The second-order valence-corrected chi connectivity index (χ2v) is 7.02. The maximum Gasteiger partial charge on any atom is 0.421 e. The molecule has 2 N–H and O–H groups in total. The van der Waals surface area contributed by atoms with E-state index in [0.29, 0.717) is 36.9 Å². The van der Waals surface area contributed by atoms with Crippen LogP contribution in [-0.2, 0) is 5.60 Å². The molecular weight excluding hydrogens is 399 g/mol. The Morgan fingerprint density at radius 3 is 2.17 bits per heavy atom. The predicted octanol–water partition coefficient (Wildman–Crippen LogP) is 4.27. The van der Waals surface area contributed by atoms with Gasteiger partial charge in [0.25, 0.3) is 5.91 Å². The molecule has 2 rings (SSSR count). The number of carbonyl (C=O) groups excluding carboxylic acids is 1. The second-order valence-electron chi connectivity index (χ2n) is 7.02. The van der Waals surface area contributed by atoms with E-state index in [1.807, 2.05) is 6.92 Å². The highest BCUT2D eigenvalue weighted by Gasteiger charge is 2.51. The van der Waals surface area contributed by atoms with Crippen LogP contribution in [0.25, 0.3) is 0 Å². The third-order valence-electron chi connectivity index (χ3n) is 4.73. The maximum atomic E-state index is 13.1. The first-order valence-corrected chi connectivity index (χ1v) is 9.67. The molecule has 0 saturated carbocycles. The minimum Gasteiger partial charge on any atom is -0.491 e. The van der Waals surface area contributed by atoms with Gasteiger partial charge in [-0.25, -0.2) is 0 Å². The molecule has 1 atom stereocenters. The standard InChI is InChI=1S/C22H26F3NO4/c1-3-4-13-26(20(28)16-5-11-19(12-6-16)30-15-14-27)18-9-7-17(8-10-18)21(2,29)22(23,24)25/h5-12,27,29H,3-4,13-15H2,1-2H3. The van der Waals surface area contributed by atoms with Crippen LogP contribution in [0, 0.1) is 0 Å². The number of anilines is 1. The van der Waals surface area contributed by atoms with E-state index in [-0.39, 0.29) is 24.7 Å². The van der Waals surface area contributed by atoms with Crippen LogP contribution in [0.5, 0.6) is 5.75 Å². The molecule has 0 aliphatic heterocycles. The van der Waals surface area contributed by atoms with Crippen LogP contribution in [0.3, 0.4) is 0 Å². The third-order valence-corrected chi connectivity index (χ3v) is 4.73. The maximum absolute atomic E-state index is 13.1. The molecule has 164 valence electrons. The van der Waals surface area contributed by atoms with Crippen molar-refractivity contribution >= 4 is 11.6 Å². The molecule has 2 aromatic carbocycles. The van der Waals surface area contributed by atoms with Crippen molar-refractivity contribution in [1.29, 1.82) is 0 Å². The Hall–Kier alpha value is -2.58. The van der Waals surface area contributed by atoms with Gasteiger partial charge in [-0.2, -0.15) is 13.2 Å². The minimum atomic E-state index is -4.81. The summed E-state index contributed by atoms with van der Waals surface area (Å²) < 4.78 is 44.5. The van der Waals surface area contributed by atoms with Gasteiger partial charge in [0, 0.05) is 17.8 Å². The first-order valence-electron chi connectivity index (χ1n) is 9.67. The van der Waals surface area contributed by atoms with Gasteiger partial charge in [-0.15, -0.1) is 0 Å². The highest BCUT2D eigenvalue weighted by molar-refractivity contribution is 6.06. The Kier molecular flexibility index (Phi) is 7.86. The van der Waals surface area contributed by atoms with Crippen molar-refractivity contribution in [3.8, 4) is 5.75 Å². The van der Waals surface area contributed by atoms with E-state index in [1.54, 1.807) is 24.3 Å². The lowest BCUT2D eigenvalue weighted by Crippen LogP contribution is -2.39. The zero-order valence-corrected chi connectivity index (χ0v) is 16.9. The summed E-state index contributed by atoms with van der Waals surface area (Å²) in [5, 5.41) is 18.6. The summed E-state index contributed by atoms with van der Waals surface area (Å²) in [5.74, 6) is 0.215. The smallest absolute Gasteiger partial charge is 0.421 e. The van der Waals surface area contributed by atoms with E-state index < -0.39 is 11.8 Å². The Labute approximate surface area is 173 Å². The van der Waals surface area contributed by atoms with Gasteiger partial charge in [0.15, 0.2) is 5.60 Å². The van der Waals surface area contributed by atoms with Crippen molar-refractivity contribution in [2.75, 3.05) is 24.7 Å². The lowest BCUT2D eigenvalue weighted by atomic mass is 9.95. The van der Waals surface area contributed by atoms with E-state index in [4.69, 9.17) is 9.84 Å². The topological polar surface area (TPSA) is 70.0 Å². The number of hydrogen-bond acceptors (Lipinski definition) is 4. The third kappa shape index (κ3) is 5.52. The van der Waals surface area contributed by atoms with Crippen molar-refractivity contribution in [2.24, 2.45) is 0 Å². The summed E-state index contributed by atoms with van der Waals surface area (Å²) >= 11 is 0. The van der Waals surface area contributed by atoms with Crippen molar-refractivity contribution in [1.82, 2.24) is 0 Å². The number of unbranched alkanes of at least 4 members (excludes halogenated alkanes) is 1. The first kappa shape index (κ1) is 23.7. The van der Waals surface area contributed by atoms with Crippen LogP contribution in [0.1, 0.15) is 42.6 Å². The van der Waals surface area contributed by atoms with Gasteiger partial charge in [0.1, 0.15) is 12.4 Å². The van der Waals surface area contributed by atoms with Gasteiger partial charge < -0.3 is 19.8 Å². The van der Waals surface area contributed by atoms with E-state index in [9.17, 15) is 23.1 Å². The van der Waals surface area contributed by atoms with E-state index in [2.05, 4.69) is 0 Å². The number of carbonyl (C=O) groups is 1. The van der Waals surface area contributed by atoms with E-state index in [1.165, 1.54) is 29.2 Å². The molecule has 8 heteroatoms. The molecule has 30 heavy (non-hydrogen) atoms.